The van der Waals surface area contributed by atoms with Crippen LogP contribution in [0.1, 0.15) is 28.6 Å². The number of esters is 1. The van der Waals surface area contributed by atoms with E-state index in [2.05, 4.69) is 10.3 Å². The average molecular weight is 457 g/mol. The van der Waals surface area contributed by atoms with Gasteiger partial charge in [-0.05, 0) is 38.1 Å². The van der Waals surface area contributed by atoms with Gasteiger partial charge in [-0.2, -0.15) is 13.2 Å². The summed E-state index contributed by atoms with van der Waals surface area (Å²) < 4.78 is 53.8. The maximum Gasteiger partial charge on any atom is 0.417 e. The quantitative estimate of drug-likeness (QED) is 0.525. The zero-order chi connectivity index (χ0) is 22.8. The summed E-state index contributed by atoms with van der Waals surface area (Å²) in [6, 6.07) is 5.69. The molecule has 3 rings (SSSR count). The second kappa shape index (κ2) is 8.84. The number of pyridine rings is 1. The van der Waals surface area contributed by atoms with Gasteiger partial charge in [0.05, 0.1) is 17.2 Å². The summed E-state index contributed by atoms with van der Waals surface area (Å²) in [4.78, 5) is 27.8. The molecule has 7 nitrogen and oxygen atoms in total. The lowest BCUT2D eigenvalue weighted by molar-refractivity contribution is -0.137. The zero-order valence-electron chi connectivity index (χ0n) is 16.3. The number of furan rings is 1. The topological polar surface area (TPSA) is 90.7 Å². The van der Waals surface area contributed by atoms with Crippen molar-refractivity contribution in [2.45, 2.75) is 20.0 Å². The van der Waals surface area contributed by atoms with Gasteiger partial charge in [0, 0.05) is 17.1 Å². The number of nitrogens with zero attached hydrogens (tertiary/aromatic N) is 1. The van der Waals surface area contributed by atoms with E-state index < -0.39 is 35.2 Å². The number of amides is 1. The van der Waals surface area contributed by atoms with Crippen LogP contribution in [0.3, 0.4) is 0 Å². The zero-order valence-corrected chi connectivity index (χ0v) is 17.1. The first-order valence-corrected chi connectivity index (χ1v) is 9.33. The highest BCUT2D eigenvalue weighted by molar-refractivity contribution is 6.33. The minimum atomic E-state index is -4.62. The molecule has 0 aliphatic heterocycles. The number of fused-ring (bicyclic) bond motifs is 1. The Morgan fingerprint density at radius 3 is 2.65 bits per heavy atom. The SMILES string of the molecule is CCOc1ccc2oc(C(=O)OCC(=O)Nc3ncc(C(F)(F)F)cc3Cl)c(C)c2c1. The molecule has 1 amide bonds. The number of carbonyl (C=O) groups is 2. The molecule has 31 heavy (non-hydrogen) atoms. The molecular formula is C20H16ClF3N2O5. The van der Waals surface area contributed by atoms with Crippen LogP contribution >= 0.6 is 11.6 Å². The largest absolute Gasteiger partial charge is 0.494 e. The number of hydrogen-bond donors (Lipinski definition) is 1. The Bertz CT molecular complexity index is 1140. The van der Waals surface area contributed by atoms with Crippen LogP contribution in [0.15, 0.2) is 34.9 Å². The summed E-state index contributed by atoms with van der Waals surface area (Å²) in [7, 11) is 0. The van der Waals surface area contributed by atoms with Gasteiger partial charge in [-0.3, -0.25) is 4.79 Å². The van der Waals surface area contributed by atoms with Crippen LogP contribution in [0.4, 0.5) is 19.0 Å². The van der Waals surface area contributed by atoms with Crippen LogP contribution in [-0.2, 0) is 15.7 Å². The maximum absolute atomic E-state index is 12.6. The number of carbonyl (C=O) groups excluding carboxylic acids is 2. The predicted molar refractivity (Wildman–Crippen MR) is 105 cm³/mol. The molecule has 3 aromatic rings. The van der Waals surface area contributed by atoms with Crippen LogP contribution in [0.2, 0.25) is 5.02 Å². The first kappa shape index (κ1) is 22.4. The van der Waals surface area contributed by atoms with Gasteiger partial charge in [-0.1, -0.05) is 11.6 Å². The molecule has 0 saturated carbocycles. The third-order valence-corrected chi connectivity index (χ3v) is 4.45. The number of rotatable bonds is 6. The van der Waals surface area contributed by atoms with E-state index in [1.807, 2.05) is 6.92 Å². The fraction of sp³-hybridized carbons (Fsp3) is 0.250. The Morgan fingerprint density at radius 2 is 2.00 bits per heavy atom. The van der Waals surface area contributed by atoms with Gasteiger partial charge >= 0.3 is 12.1 Å². The third kappa shape index (κ3) is 5.08. The molecule has 0 radical (unpaired) electrons. The van der Waals surface area contributed by atoms with Gasteiger partial charge in [0.25, 0.3) is 5.91 Å². The molecule has 2 aromatic heterocycles. The molecule has 1 aromatic carbocycles. The van der Waals surface area contributed by atoms with Crippen LogP contribution in [0.5, 0.6) is 5.75 Å². The summed E-state index contributed by atoms with van der Waals surface area (Å²) in [5, 5.41) is 2.43. The van der Waals surface area contributed by atoms with Crippen LogP contribution in [0.25, 0.3) is 11.0 Å². The summed E-state index contributed by atoms with van der Waals surface area (Å²) in [5.41, 5.74) is -0.109. The number of hydrogen-bond acceptors (Lipinski definition) is 6. The van der Waals surface area contributed by atoms with Crippen molar-refractivity contribution in [1.82, 2.24) is 4.98 Å². The highest BCUT2D eigenvalue weighted by atomic mass is 35.5. The van der Waals surface area contributed by atoms with E-state index in [9.17, 15) is 22.8 Å². The predicted octanol–water partition coefficient (Wildman–Crippen LogP) is 5.00. The van der Waals surface area contributed by atoms with E-state index >= 15 is 0 Å². The van der Waals surface area contributed by atoms with Crippen LogP contribution in [0, 0.1) is 6.92 Å². The standard InChI is InChI=1S/C20H16ClF3N2O5/c1-3-29-12-4-5-15-13(7-12)10(2)17(31-15)19(28)30-9-16(27)26-18-14(21)6-11(8-25-18)20(22,23)24/h4-8H,3,9H2,1-2H3,(H,25,26,27). The molecule has 0 fully saturated rings. The molecule has 0 spiro atoms. The number of halogens is 4. The number of aromatic nitrogens is 1. The molecular weight excluding hydrogens is 441 g/mol. The van der Waals surface area contributed by atoms with Gasteiger partial charge in [0.15, 0.2) is 12.4 Å². The summed E-state index contributed by atoms with van der Waals surface area (Å²) >= 11 is 5.73. The van der Waals surface area contributed by atoms with Gasteiger partial charge in [-0.25, -0.2) is 9.78 Å². The van der Waals surface area contributed by atoms with E-state index in [4.69, 9.17) is 25.5 Å². The van der Waals surface area contributed by atoms with Crippen LogP contribution < -0.4 is 10.1 Å². The fourth-order valence-corrected chi connectivity index (χ4v) is 2.91. The second-order valence-corrected chi connectivity index (χ2v) is 6.73. The van der Waals surface area contributed by atoms with E-state index in [0.29, 0.717) is 41.2 Å². The summed E-state index contributed by atoms with van der Waals surface area (Å²) in [6.07, 6.45) is -4.09. The lowest BCUT2D eigenvalue weighted by atomic mass is 10.1. The van der Waals surface area contributed by atoms with Gasteiger partial charge in [-0.15, -0.1) is 0 Å². The van der Waals surface area contributed by atoms with Crippen LogP contribution in [-0.4, -0.2) is 30.1 Å². The average Bonchev–Trinajstić information content (AvgIpc) is 3.03. The first-order valence-electron chi connectivity index (χ1n) is 8.95. The van der Waals surface area contributed by atoms with E-state index in [1.165, 1.54) is 0 Å². The van der Waals surface area contributed by atoms with Gasteiger partial charge < -0.3 is 19.2 Å². The molecule has 11 heteroatoms. The monoisotopic (exact) mass is 456 g/mol. The molecule has 0 aliphatic carbocycles. The summed E-state index contributed by atoms with van der Waals surface area (Å²) in [5.74, 6) is -1.48. The lowest BCUT2D eigenvalue weighted by Crippen LogP contribution is -2.22. The maximum atomic E-state index is 12.6. The minimum Gasteiger partial charge on any atom is -0.494 e. The number of ether oxygens (including phenoxy) is 2. The number of benzene rings is 1. The van der Waals surface area contributed by atoms with Crippen molar-refractivity contribution in [3.05, 3.63) is 52.4 Å². The molecule has 0 aliphatic rings. The first-order chi connectivity index (χ1) is 14.6. The smallest absolute Gasteiger partial charge is 0.417 e. The van der Waals surface area contributed by atoms with Crippen molar-refractivity contribution >= 4 is 40.3 Å². The molecule has 0 saturated heterocycles. The van der Waals surface area contributed by atoms with Crippen molar-refractivity contribution in [3.63, 3.8) is 0 Å². The highest BCUT2D eigenvalue weighted by Crippen LogP contribution is 2.32. The highest BCUT2D eigenvalue weighted by Gasteiger charge is 2.31. The summed E-state index contributed by atoms with van der Waals surface area (Å²) in [6.45, 7) is 3.25. The van der Waals surface area contributed by atoms with Crippen molar-refractivity contribution in [2.24, 2.45) is 0 Å². The van der Waals surface area contributed by atoms with E-state index in [-0.39, 0.29) is 11.6 Å². The molecule has 0 atom stereocenters. The Balaban J connectivity index is 1.65. The number of alkyl halides is 3. The molecule has 1 N–H and O–H groups in total. The molecule has 0 unspecified atom stereocenters. The van der Waals surface area contributed by atoms with Crippen molar-refractivity contribution in [2.75, 3.05) is 18.5 Å². The Morgan fingerprint density at radius 1 is 1.26 bits per heavy atom. The number of anilines is 1. The van der Waals surface area contributed by atoms with Crippen molar-refractivity contribution in [1.29, 1.82) is 0 Å². The molecule has 0 bridgehead atoms. The number of nitrogens with one attached hydrogen (secondary N) is 1. The third-order valence-electron chi connectivity index (χ3n) is 4.16. The van der Waals surface area contributed by atoms with E-state index in [0.717, 1.165) is 0 Å². The lowest BCUT2D eigenvalue weighted by Gasteiger charge is -2.10. The van der Waals surface area contributed by atoms with Crippen molar-refractivity contribution < 1.29 is 36.7 Å². The normalized spacial score (nSPS) is 11.4. The van der Waals surface area contributed by atoms with Crippen molar-refractivity contribution in [3.8, 4) is 5.75 Å². The fourth-order valence-electron chi connectivity index (χ4n) is 2.70. The molecule has 164 valence electrons. The second-order valence-electron chi connectivity index (χ2n) is 6.32. The Hall–Kier alpha value is -3.27. The minimum absolute atomic E-state index is 0.0814. The Labute approximate surface area is 179 Å². The Kier molecular flexibility index (Phi) is 6.40. The number of aryl methyl sites for hydroxylation is 1. The molecule has 2 heterocycles. The van der Waals surface area contributed by atoms with Gasteiger partial charge in [0.1, 0.15) is 11.3 Å². The van der Waals surface area contributed by atoms with E-state index in [1.54, 1.807) is 25.1 Å². The van der Waals surface area contributed by atoms with Gasteiger partial charge in [0.2, 0.25) is 5.76 Å².